The van der Waals surface area contributed by atoms with Crippen molar-refractivity contribution >= 4 is 17.3 Å². The molecular formula is C17H28N4OS. The number of nitrogens with one attached hydrogen (secondary N) is 2. The van der Waals surface area contributed by atoms with E-state index in [1.165, 1.54) is 12.8 Å². The van der Waals surface area contributed by atoms with Gasteiger partial charge in [-0.25, -0.2) is 4.98 Å². The first-order chi connectivity index (χ1) is 11.0. The highest BCUT2D eigenvalue weighted by Crippen LogP contribution is 2.51. The SMILES string of the molecule is CN=C(NCCc1csc(C)n1)NC1C2CCCOC2C1(C)C. The summed E-state index contributed by atoms with van der Waals surface area (Å²) >= 11 is 1.71. The Kier molecular flexibility index (Phi) is 4.92. The molecule has 5 nitrogen and oxygen atoms in total. The highest BCUT2D eigenvalue weighted by Gasteiger charge is 2.58. The lowest BCUT2D eigenvalue weighted by molar-refractivity contribution is -0.188. The minimum absolute atomic E-state index is 0.161. The molecule has 6 heteroatoms. The van der Waals surface area contributed by atoms with E-state index in [0.29, 0.717) is 18.1 Å². The highest BCUT2D eigenvalue weighted by atomic mass is 32.1. The van der Waals surface area contributed by atoms with E-state index in [-0.39, 0.29) is 5.41 Å². The molecule has 1 aliphatic carbocycles. The number of aromatic nitrogens is 1. The summed E-state index contributed by atoms with van der Waals surface area (Å²) in [6.07, 6.45) is 3.74. The van der Waals surface area contributed by atoms with Crippen molar-refractivity contribution in [3.63, 3.8) is 0 Å². The van der Waals surface area contributed by atoms with Gasteiger partial charge in [0.25, 0.3) is 0 Å². The molecule has 23 heavy (non-hydrogen) atoms. The molecule has 1 saturated carbocycles. The van der Waals surface area contributed by atoms with Gasteiger partial charge in [0.05, 0.1) is 16.8 Å². The molecule has 0 spiro atoms. The van der Waals surface area contributed by atoms with Gasteiger partial charge in [0.1, 0.15) is 0 Å². The van der Waals surface area contributed by atoms with E-state index in [1.807, 2.05) is 14.0 Å². The lowest BCUT2D eigenvalue weighted by Gasteiger charge is -2.60. The molecule has 0 radical (unpaired) electrons. The fourth-order valence-electron chi connectivity index (χ4n) is 3.99. The van der Waals surface area contributed by atoms with Gasteiger partial charge in [0, 0.05) is 49.4 Å². The van der Waals surface area contributed by atoms with E-state index in [2.05, 4.69) is 39.8 Å². The van der Waals surface area contributed by atoms with Gasteiger partial charge in [0.15, 0.2) is 5.96 Å². The van der Waals surface area contributed by atoms with Crippen LogP contribution in [0, 0.1) is 18.3 Å². The van der Waals surface area contributed by atoms with Gasteiger partial charge in [0.2, 0.25) is 0 Å². The molecule has 2 aliphatic rings. The molecule has 3 rings (SSSR count). The topological polar surface area (TPSA) is 58.5 Å². The van der Waals surface area contributed by atoms with Crippen LogP contribution in [0.5, 0.6) is 0 Å². The standard InChI is InChI=1S/C17H28N4OS/c1-11-20-12(10-23-11)7-8-19-16(18-4)21-14-13-6-5-9-22-15(13)17(14,2)3/h10,13-15H,5-9H2,1-4H3,(H2,18,19,21). The van der Waals surface area contributed by atoms with Crippen molar-refractivity contribution in [3.8, 4) is 0 Å². The van der Waals surface area contributed by atoms with Crippen molar-refractivity contribution < 1.29 is 4.74 Å². The lowest BCUT2D eigenvalue weighted by Crippen LogP contribution is -2.71. The average Bonchev–Trinajstić information content (AvgIpc) is 2.96. The highest BCUT2D eigenvalue weighted by molar-refractivity contribution is 7.09. The number of hydrogen-bond donors (Lipinski definition) is 2. The van der Waals surface area contributed by atoms with Gasteiger partial charge >= 0.3 is 0 Å². The maximum absolute atomic E-state index is 5.97. The molecule has 2 N–H and O–H groups in total. The van der Waals surface area contributed by atoms with Gasteiger partial charge in [-0.2, -0.15) is 0 Å². The lowest BCUT2D eigenvalue weighted by atomic mass is 9.55. The van der Waals surface area contributed by atoms with Gasteiger partial charge in [-0.1, -0.05) is 13.8 Å². The van der Waals surface area contributed by atoms with Crippen molar-refractivity contribution in [2.24, 2.45) is 16.3 Å². The van der Waals surface area contributed by atoms with Gasteiger partial charge in [-0.3, -0.25) is 4.99 Å². The summed E-state index contributed by atoms with van der Waals surface area (Å²) in [5.74, 6) is 1.50. The van der Waals surface area contributed by atoms with E-state index >= 15 is 0 Å². The van der Waals surface area contributed by atoms with E-state index in [1.54, 1.807) is 11.3 Å². The third kappa shape index (κ3) is 3.38. The van der Waals surface area contributed by atoms with Crippen LogP contribution in [0.25, 0.3) is 0 Å². The Morgan fingerprint density at radius 2 is 2.35 bits per heavy atom. The smallest absolute Gasteiger partial charge is 0.191 e. The second-order valence-corrected chi connectivity index (χ2v) is 8.21. The molecular weight excluding hydrogens is 308 g/mol. The third-order valence-electron chi connectivity index (χ3n) is 5.19. The maximum atomic E-state index is 5.97. The predicted molar refractivity (Wildman–Crippen MR) is 95.1 cm³/mol. The fourth-order valence-corrected chi connectivity index (χ4v) is 4.64. The van der Waals surface area contributed by atoms with Gasteiger partial charge in [-0.15, -0.1) is 11.3 Å². The number of hydrogen-bond acceptors (Lipinski definition) is 4. The Labute approximate surface area is 142 Å². The molecule has 0 aromatic carbocycles. The van der Waals surface area contributed by atoms with Crippen LogP contribution in [0.2, 0.25) is 0 Å². The van der Waals surface area contributed by atoms with Crippen molar-refractivity contribution in [2.45, 2.75) is 52.2 Å². The number of nitrogens with zero attached hydrogens (tertiary/aromatic N) is 2. The minimum atomic E-state index is 0.161. The van der Waals surface area contributed by atoms with Crippen LogP contribution in [0.1, 0.15) is 37.4 Å². The Morgan fingerprint density at radius 3 is 3.04 bits per heavy atom. The number of thiazole rings is 1. The van der Waals surface area contributed by atoms with E-state index in [9.17, 15) is 0 Å². The second-order valence-electron chi connectivity index (χ2n) is 7.15. The molecule has 1 aromatic rings. The van der Waals surface area contributed by atoms with Crippen LogP contribution in [0.3, 0.4) is 0 Å². The third-order valence-corrected chi connectivity index (χ3v) is 6.01. The fraction of sp³-hybridized carbons (Fsp3) is 0.765. The van der Waals surface area contributed by atoms with E-state index in [0.717, 1.165) is 36.2 Å². The summed E-state index contributed by atoms with van der Waals surface area (Å²) in [6, 6.07) is 0.431. The van der Waals surface area contributed by atoms with Crippen LogP contribution < -0.4 is 10.6 Å². The quantitative estimate of drug-likeness (QED) is 0.655. The number of ether oxygens (including phenoxy) is 1. The summed E-state index contributed by atoms with van der Waals surface area (Å²) in [6.45, 7) is 8.40. The van der Waals surface area contributed by atoms with Crippen molar-refractivity contribution in [1.82, 2.24) is 15.6 Å². The van der Waals surface area contributed by atoms with Crippen molar-refractivity contribution in [3.05, 3.63) is 16.1 Å². The largest absolute Gasteiger partial charge is 0.377 e. The Hall–Kier alpha value is -1.14. The zero-order chi connectivity index (χ0) is 16.4. The summed E-state index contributed by atoms with van der Waals surface area (Å²) in [4.78, 5) is 8.89. The number of aryl methyl sites for hydroxylation is 1. The van der Waals surface area contributed by atoms with Crippen LogP contribution >= 0.6 is 11.3 Å². The molecule has 1 aromatic heterocycles. The average molecular weight is 337 g/mol. The maximum Gasteiger partial charge on any atom is 0.191 e. The molecule has 3 atom stereocenters. The Bertz CT molecular complexity index is 569. The summed E-state index contributed by atoms with van der Waals surface area (Å²) < 4.78 is 5.97. The van der Waals surface area contributed by atoms with Crippen LogP contribution in [-0.2, 0) is 11.2 Å². The first-order valence-electron chi connectivity index (χ1n) is 8.52. The monoisotopic (exact) mass is 336 g/mol. The molecule has 1 aliphatic heterocycles. The number of guanidine groups is 1. The first kappa shape index (κ1) is 16.7. The molecule has 1 saturated heterocycles. The van der Waals surface area contributed by atoms with E-state index in [4.69, 9.17) is 4.74 Å². The molecule has 2 fully saturated rings. The second kappa shape index (κ2) is 6.77. The van der Waals surface area contributed by atoms with Gasteiger partial charge in [-0.05, 0) is 19.8 Å². The van der Waals surface area contributed by atoms with Crippen molar-refractivity contribution in [1.29, 1.82) is 0 Å². The molecule has 128 valence electrons. The number of fused-ring (bicyclic) bond motifs is 1. The zero-order valence-electron chi connectivity index (χ0n) is 14.6. The first-order valence-corrected chi connectivity index (χ1v) is 9.40. The van der Waals surface area contributed by atoms with E-state index < -0.39 is 0 Å². The summed E-state index contributed by atoms with van der Waals surface area (Å²) in [7, 11) is 1.84. The van der Waals surface area contributed by atoms with Crippen LogP contribution in [-0.4, -0.2) is 43.3 Å². The molecule has 0 bridgehead atoms. The van der Waals surface area contributed by atoms with Crippen LogP contribution in [0.15, 0.2) is 10.4 Å². The van der Waals surface area contributed by atoms with Crippen molar-refractivity contribution in [2.75, 3.05) is 20.2 Å². The summed E-state index contributed by atoms with van der Waals surface area (Å²) in [5, 5.41) is 10.3. The van der Waals surface area contributed by atoms with Crippen LogP contribution in [0.4, 0.5) is 0 Å². The predicted octanol–water partition coefficient (Wildman–Crippen LogP) is 2.36. The Balaban J connectivity index is 1.51. The molecule has 2 heterocycles. The molecule has 3 unspecified atom stereocenters. The van der Waals surface area contributed by atoms with Gasteiger partial charge < -0.3 is 15.4 Å². The Morgan fingerprint density at radius 1 is 1.52 bits per heavy atom. The zero-order valence-corrected chi connectivity index (χ0v) is 15.4. The number of rotatable bonds is 4. The normalized spacial score (nSPS) is 29.6. The minimum Gasteiger partial charge on any atom is -0.377 e. The molecule has 0 amide bonds. The summed E-state index contributed by atoms with van der Waals surface area (Å²) in [5.41, 5.74) is 1.31. The number of aliphatic imine (C=N–C) groups is 1.